The van der Waals surface area contributed by atoms with Crippen molar-refractivity contribution in [2.45, 2.75) is 25.4 Å². The Balaban J connectivity index is 1.45. The van der Waals surface area contributed by atoms with Crippen LogP contribution in [0.25, 0.3) is 0 Å². The molecule has 2 aromatic rings. The summed E-state index contributed by atoms with van der Waals surface area (Å²) in [6.45, 7) is 1.17. The fourth-order valence-electron chi connectivity index (χ4n) is 3.26. The van der Waals surface area contributed by atoms with Crippen molar-refractivity contribution in [3.8, 4) is 11.5 Å². The summed E-state index contributed by atoms with van der Waals surface area (Å²) in [6.07, 6.45) is 3.30. The zero-order chi connectivity index (χ0) is 17.2. The van der Waals surface area contributed by atoms with E-state index in [9.17, 15) is 9.59 Å². The molecule has 1 fully saturated rings. The minimum Gasteiger partial charge on any atom is -0.454 e. The molecule has 130 valence electrons. The quantitative estimate of drug-likeness (QED) is 0.886. The number of fused-ring (bicyclic) bond motifs is 1. The molecule has 1 aromatic heterocycles. The number of H-pyrrole nitrogens is 1. The monoisotopic (exact) mass is 341 g/mol. The second-order valence-corrected chi connectivity index (χ2v) is 6.14. The lowest BCUT2D eigenvalue weighted by molar-refractivity contribution is -0.125. The van der Waals surface area contributed by atoms with Gasteiger partial charge in [0.25, 0.3) is 5.91 Å². The van der Waals surface area contributed by atoms with Crippen molar-refractivity contribution >= 4 is 11.8 Å². The average molecular weight is 341 g/mol. The van der Waals surface area contributed by atoms with E-state index in [2.05, 4.69) is 10.3 Å². The Morgan fingerprint density at radius 2 is 2.12 bits per heavy atom. The van der Waals surface area contributed by atoms with Crippen LogP contribution in [0.2, 0.25) is 0 Å². The second-order valence-electron chi connectivity index (χ2n) is 6.14. The van der Waals surface area contributed by atoms with Crippen molar-refractivity contribution in [1.82, 2.24) is 15.2 Å². The number of amides is 2. The van der Waals surface area contributed by atoms with Gasteiger partial charge in [-0.3, -0.25) is 9.59 Å². The van der Waals surface area contributed by atoms with Gasteiger partial charge in [-0.1, -0.05) is 0 Å². The normalized spacial score (nSPS) is 18.4. The van der Waals surface area contributed by atoms with Crippen LogP contribution in [-0.4, -0.2) is 41.1 Å². The van der Waals surface area contributed by atoms with E-state index in [1.807, 2.05) is 18.3 Å². The Kier molecular flexibility index (Phi) is 4.05. The van der Waals surface area contributed by atoms with Crippen LogP contribution in [0.1, 0.15) is 28.9 Å². The minimum atomic E-state index is -0.437. The molecule has 2 amide bonds. The fourth-order valence-corrected chi connectivity index (χ4v) is 3.26. The van der Waals surface area contributed by atoms with Crippen molar-refractivity contribution in [2.24, 2.45) is 0 Å². The highest BCUT2D eigenvalue weighted by Gasteiger charge is 2.34. The van der Waals surface area contributed by atoms with Gasteiger partial charge in [-0.15, -0.1) is 0 Å². The molecule has 1 atom stereocenters. The number of aromatic amines is 1. The highest BCUT2D eigenvalue weighted by atomic mass is 16.7. The maximum absolute atomic E-state index is 12.8. The van der Waals surface area contributed by atoms with E-state index in [0.29, 0.717) is 36.6 Å². The topological polar surface area (TPSA) is 83.7 Å². The van der Waals surface area contributed by atoms with Gasteiger partial charge in [-0.05, 0) is 43.2 Å². The summed E-state index contributed by atoms with van der Waals surface area (Å²) in [5, 5.41) is 2.90. The number of aromatic nitrogens is 1. The van der Waals surface area contributed by atoms with E-state index < -0.39 is 6.04 Å². The van der Waals surface area contributed by atoms with Gasteiger partial charge in [0.05, 0.1) is 6.54 Å². The van der Waals surface area contributed by atoms with E-state index >= 15 is 0 Å². The van der Waals surface area contributed by atoms with E-state index in [1.54, 1.807) is 23.1 Å². The molecule has 0 aliphatic carbocycles. The standard InChI is InChI=1S/C18H19N3O4/c22-17(20-10-13-3-1-7-19-13)14-4-2-8-21(14)18(23)12-5-6-15-16(9-12)25-11-24-15/h1,3,5-7,9,14,19H,2,4,8,10-11H2,(H,20,22). The van der Waals surface area contributed by atoms with Gasteiger partial charge in [-0.2, -0.15) is 0 Å². The number of carbonyl (C=O) groups excluding carboxylic acids is 2. The smallest absolute Gasteiger partial charge is 0.254 e. The summed E-state index contributed by atoms with van der Waals surface area (Å²) in [6, 6.07) is 8.47. The minimum absolute atomic E-state index is 0.124. The molecule has 2 aliphatic rings. The summed E-state index contributed by atoms with van der Waals surface area (Å²) in [5.41, 5.74) is 1.44. The van der Waals surface area contributed by atoms with E-state index in [0.717, 1.165) is 12.1 Å². The number of ether oxygens (including phenoxy) is 2. The molecular weight excluding hydrogens is 322 g/mol. The molecular formula is C18H19N3O4. The van der Waals surface area contributed by atoms with E-state index in [-0.39, 0.29) is 18.6 Å². The largest absolute Gasteiger partial charge is 0.454 e. The van der Waals surface area contributed by atoms with Gasteiger partial charge in [0.15, 0.2) is 11.5 Å². The van der Waals surface area contributed by atoms with Crippen molar-refractivity contribution < 1.29 is 19.1 Å². The first-order valence-electron chi connectivity index (χ1n) is 8.33. The summed E-state index contributed by atoms with van der Waals surface area (Å²) >= 11 is 0. The number of hydrogen-bond donors (Lipinski definition) is 2. The van der Waals surface area contributed by atoms with Crippen LogP contribution < -0.4 is 14.8 Å². The van der Waals surface area contributed by atoms with Crippen LogP contribution in [0.4, 0.5) is 0 Å². The van der Waals surface area contributed by atoms with Crippen molar-refractivity contribution in [3.63, 3.8) is 0 Å². The fraction of sp³-hybridized carbons (Fsp3) is 0.333. The second kappa shape index (κ2) is 6.51. The number of nitrogens with zero attached hydrogens (tertiary/aromatic N) is 1. The third-order valence-electron chi connectivity index (χ3n) is 4.55. The predicted octanol–water partition coefficient (Wildman–Crippen LogP) is 1.66. The number of benzene rings is 1. The van der Waals surface area contributed by atoms with E-state index in [1.165, 1.54) is 0 Å². The summed E-state index contributed by atoms with van der Waals surface area (Å²) < 4.78 is 10.6. The van der Waals surface area contributed by atoms with Gasteiger partial charge in [-0.25, -0.2) is 0 Å². The van der Waals surface area contributed by atoms with Crippen LogP contribution >= 0.6 is 0 Å². The summed E-state index contributed by atoms with van der Waals surface area (Å²) in [5.74, 6) is 0.924. The van der Waals surface area contributed by atoms with E-state index in [4.69, 9.17) is 9.47 Å². The molecule has 25 heavy (non-hydrogen) atoms. The Hall–Kier alpha value is -2.96. The lowest BCUT2D eigenvalue weighted by Gasteiger charge is -2.24. The number of carbonyl (C=O) groups is 2. The Labute approximate surface area is 144 Å². The summed E-state index contributed by atoms with van der Waals surface area (Å²) in [4.78, 5) is 30.0. The molecule has 2 N–H and O–H groups in total. The maximum atomic E-state index is 12.8. The SMILES string of the molecule is O=C(NCc1ccc[nH]1)C1CCCN1C(=O)c1ccc2c(c1)OCO2. The van der Waals surface area contributed by atoms with Gasteiger partial charge >= 0.3 is 0 Å². The van der Waals surface area contributed by atoms with Crippen molar-refractivity contribution in [1.29, 1.82) is 0 Å². The Morgan fingerprint density at radius 1 is 1.24 bits per heavy atom. The lowest BCUT2D eigenvalue weighted by atomic mass is 10.1. The van der Waals surface area contributed by atoms with Gasteiger partial charge in [0.1, 0.15) is 6.04 Å². The Bertz CT molecular complexity index is 788. The van der Waals surface area contributed by atoms with Crippen LogP contribution in [-0.2, 0) is 11.3 Å². The molecule has 0 spiro atoms. The highest BCUT2D eigenvalue weighted by Crippen LogP contribution is 2.33. The molecule has 1 aromatic carbocycles. The lowest BCUT2D eigenvalue weighted by Crippen LogP contribution is -2.45. The molecule has 7 heteroatoms. The van der Waals surface area contributed by atoms with Crippen LogP contribution in [0.5, 0.6) is 11.5 Å². The molecule has 0 saturated carbocycles. The van der Waals surface area contributed by atoms with Gasteiger partial charge in [0, 0.05) is 24.0 Å². The molecule has 4 rings (SSSR count). The molecule has 2 aliphatic heterocycles. The first-order valence-corrected chi connectivity index (χ1v) is 8.33. The van der Waals surface area contributed by atoms with Crippen molar-refractivity contribution in [3.05, 3.63) is 47.8 Å². The maximum Gasteiger partial charge on any atom is 0.254 e. The zero-order valence-corrected chi connectivity index (χ0v) is 13.7. The first kappa shape index (κ1) is 15.6. The number of nitrogens with one attached hydrogen (secondary N) is 2. The molecule has 1 saturated heterocycles. The molecule has 1 unspecified atom stereocenters. The Morgan fingerprint density at radius 3 is 2.96 bits per heavy atom. The third-order valence-corrected chi connectivity index (χ3v) is 4.55. The first-order chi connectivity index (χ1) is 12.2. The highest BCUT2D eigenvalue weighted by molar-refractivity contribution is 5.98. The number of hydrogen-bond acceptors (Lipinski definition) is 4. The number of likely N-dealkylation sites (tertiary alicyclic amines) is 1. The van der Waals surface area contributed by atoms with Crippen LogP contribution in [0, 0.1) is 0 Å². The van der Waals surface area contributed by atoms with Crippen LogP contribution in [0.15, 0.2) is 36.5 Å². The van der Waals surface area contributed by atoms with Gasteiger partial charge in [0.2, 0.25) is 12.7 Å². The predicted molar refractivity (Wildman–Crippen MR) is 89.3 cm³/mol. The zero-order valence-electron chi connectivity index (χ0n) is 13.7. The van der Waals surface area contributed by atoms with Crippen molar-refractivity contribution in [2.75, 3.05) is 13.3 Å². The summed E-state index contributed by atoms with van der Waals surface area (Å²) in [7, 11) is 0. The average Bonchev–Trinajstić information content (AvgIpc) is 3.39. The molecule has 3 heterocycles. The molecule has 0 bridgehead atoms. The molecule has 7 nitrogen and oxygen atoms in total. The molecule has 0 radical (unpaired) electrons. The number of rotatable bonds is 4. The van der Waals surface area contributed by atoms with Crippen LogP contribution in [0.3, 0.4) is 0 Å². The van der Waals surface area contributed by atoms with Gasteiger partial charge < -0.3 is 24.7 Å². The third kappa shape index (κ3) is 3.05.